The van der Waals surface area contributed by atoms with Crippen LogP contribution in [-0.4, -0.2) is 12.5 Å². The molecule has 2 rings (SSSR count). The number of benzene rings is 2. The molecule has 0 spiro atoms. The zero-order chi connectivity index (χ0) is 13.5. The third-order valence-electron chi connectivity index (χ3n) is 2.77. The quantitative estimate of drug-likeness (QED) is 0.885. The molecule has 2 aromatic rings. The predicted molar refractivity (Wildman–Crippen MR) is 79.6 cm³/mol. The maximum Gasteiger partial charge on any atom is 0.217 e. The third kappa shape index (κ3) is 4.11. The normalized spacial score (nSPS) is 10.6. The van der Waals surface area contributed by atoms with Gasteiger partial charge in [0.05, 0.1) is 0 Å². The van der Waals surface area contributed by atoms with E-state index in [9.17, 15) is 4.79 Å². The standard InChI is InChI=1S/C17H17NO/c1-14(19)18-12-6-8-15-7-5-11-17(13-15)16-9-3-2-4-10-16/h2-11,13H,12H2,1H3,(H,18,19). The Hall–Kier alpha value is -2.35. The van der Waals surface area contributed by atoms with Gasteiger partial charge >= 0.3 is 0 Å². The molecule has 0 aromatic heterocycles. The van der Waals surface area contributed by atoms with Crippen molar-refractivity contribution in [3.63, 3.8) is 0 Å². The van der Waals surface area contributed by atoms with Crippen LogP contribution in [0.3, 0.4) is 0 Å². The molecular formula is C17H17NO. The van der Waals surface area contributed by atoms with Crippen molar-refractivity contribution in [2.45, 2.75) is 6.92 Å². The topological polar surface area (TPSA) is 29.1 Å². The Morgan fingerprint density at radius 3 is 2.53 bits per heavy atom. The molecule has 0 aliphatic rings. The lowest BCUT2D eigenvalue weighted by atomic mass is 10.0. The molecule has 96 valence electrons. The second-order valence-corrected chi connectivity index (χ2v) is 4.33. The van der Waals surface area contributed by atoms with Gasteiger partial charge in [0.1, 0.15) is 0 Å². The number of carbonyl (C=O) groups excluding carboxylic acids is 1. The maximum atomic E-state index is 10.7. The first kappa shape index (κ1) is 13.1. The van der Waals surface area contributed by atoms with Gasteiger partial charge in [0.25, 0.3) is 0 Å². The fourth-order valence-electron chi connectivity index (χ4n) is 1.85. The van der Waals surface area contributed by atoms with Crippen LogP contribution >= 0.6 is 0 Å². The number of rotatable bonds is 4. The first-order valence-corrected chi connectivity index (χ1v) is 6.32. The molecule has 1 N–H and O–H groups in total. The second-order valence-electron chi connectivity index (χ2n) is 4.33. The Morgan fingerprint density at radius 2 is 1.79 bits per heavy atom. The molecule has 0 unspecified atom stereocenters. The van der Waals surface area contributed by atoms with Crippen LogP contribution in [0.4, 0.5) is 0 Å². The molecule has 0 saturated carbocycles. The number of amides is 1. The van der Waals surface area contributed by atoms with Gasteiger partial charge in [0.15, 0.2) is 0 Å². The highest BCUT2D eigenvalue weighted by Gasteiger charge is 1.96. The van der Waals surface area contributed by atoms with Crippen molar-refractivity contribution in [2.75, 3.05) is 6.54 Å². The van der Waals surface area contributed by atoms with Crippen LogP contribution in [0.1, 0.15) is 12.5 Å². The van der Waals surface area contributed by atoms with E-state index in [4.69, 9.17) is 0 Å². The zero-order valence-electron chi connectivity index (χ0n) is 11.0. The van der Waals surface area contributed by atoms with Crippen LogP contribution in [0.2, 0.25) is 0 Å². The van der Waals surface area contributed by atoms with Crippen LogP contribution in [-0.2, 0) is 4.79 Å². The molecule has 0 bridgehead atoms. The van der Waals surface area contributed by atoms with Crippen LogP contribution in [0.5, 0.6) is 0 Å². The summed E-state index contributed by atoms with van der Waals surface area (Å²) < 4.78 is 0. The lowest BCUT2D eigenvalue weighted by Crippen LogP contribution is -2.19. The summed E-state index contributed by atoms with van der Waals surface area (Å²) >= 11 is 0. The van der Waals surface area contributed by atoms with E-state index in [1.165, 1.54) is 18.1 Å². The molecule has 0 fully saturated rings. The second kappa shape index (κ2) is 6.55. The van der Waals surface area contributed by atoms with Gasteiger partial charge in [0.2, 0.25) is 5.91 Å². The minimum Gasteiger partial charge on any atom is -0.353 e. The summed E-state index contributed by atoms with van der Waals surface area (Å²) in [5, 5.41) is 2.74. The first-order valence-electron chi connectivity index (χ1n) is 6.32. The van der Waals surface area contributed by atoms with Crippen LogP contribution in [0, 0.1) is 0 Å². The van der Waals surface area contributed by atoms with Crippen molar-refractivity contribution >= 4 is 12.0 Å². The summed E-state index contributed by atoms with van der Waals surface area (Å²) in [6.45, 7) is 2.08. The van der Waals surface area contributed by atoms with Crippen LogP contribution in [0.15, 0.2) is 60.7 Å². The molecule has 19 heavy (non-hydrogen) atoms. The van der Waals surface area contributed by atoms with Crippen molar-refractivity contribution in [1.29, 1.82) is 0 Å². The fraction of sp³-hybridized carbons (Fsp3) is 0.118. The van der Waals surface area contributed by atoms with E-state index in [0.717, 1.165) is 5.56 Å². The monoisotopic (exact) mass is 251 g/mol. The van der Waals surface area contributed by atoms with E-state index in [1.807, 2.05) is 36.4 Å². The highest BCUT2D eigenvalue weighted by atomic mass is 16.1. The molecular weight excluding hydrogens is 234 g/mol. The predicted octanol–water partition coefficient (Wildman–Crippen LogP) is 3.50. The summed E-state index contributed by atoms with van der Waals surface area (Å²) in [6, 6.07) is 18.6. The molecule has 0 aliphatic carbocycles. The van der Waals surface area contributed by atoms with Crippen LogP contribution < -0.4 is 5.32 Å². The first-order chi connectivity index (χ1) is 9.25. The van der Waals surface area contributed by atoms with Gasteiger partial charge in [-0.1, -0.05) is 60.7 Å². The molecule has 1 amide bonds. The smallest absolute Gasteiger partial charge is 0.217 e. The van der Waals surface area contributed by atoms with Gasteiger partial charge in [-0.3, -0.25) is 4.79 Å². The Balaban J connectivity index is 2.09. The highest BCUT2D eigenvalue weighted by molar-refractivity contribution is 5.73. The average Bonchev–Trinajstić information content (AvgIpc) is 2.45. The molecule has 0 radical (unpaired) electrons. The minimum absolute atomic E-state index is 0.0114. The summed E-state index contributed by atoms with van der Waals surface area (Å²) in [4.78, 5) is 10.7. The van der Waals surface area contributed by atoms with E-state index in [-0.39, 0.29) is 5.91 Å². The maximum absolute atomic E-state index is 10.7. The molecule has 0 saturated heterocycles. The molecule has 2 heteroatoms. The summed E-state index contributed by atoms with van der Waals surface area (Å²) in [6.07, 6.45) is 3.97. The van der Waals surface area contributed by atoms with E-state index in [0.29, 0.717) is 6.54 Å². The SMILES string of the molecule is CC(=O)NCC=Cc1cccc(-c2ccccc2)c1. The molecule has 0 aliphatic heterocycles. The van der Waals surface area contributed by atoms with E-state index in [1.54, 1.807) is 0 Å². The van der Waals surface area contributed by atoms with Crippen LogP contribution in [0.25, 0.3) is 17.2 Å². The Bertz CT molecular complexity index is 573. The molecule has 0 atom stereocenters. The van der Waals surface area contributed by atoms with Gasteiger partial charge in [-0.2, -0.15) is 0 Å². The number of nitrogens with one attached hydrogen (secondary N) is 1. The van der Waals surface area contributed by atoms with E-state index < -0.39 is 0 Å². The van der Waals surface area contributed by atoms with E-state index in [2.05, 4.69) is 35.6 Å². The molecule has 2 aromatic carbocycles. The van der Waals surface area contributed by atoms with Gasteiger partial charge in [0, 0.05) is 13.5 Å². The summed E-state index contributed by atoms with van der Waals surface area (Å²) in [5.41, 5.74) is 3.54. The van der Waals surface area contributed by atoms with Crippen molar-refractivity contribution < 1.29 is 4.79 Å². The fourth-order valence-corrected chi connectivity index (χ4v) is 1.85. The average molecular weight is 251 g/mol. The number of carbonyl (C=O) groups is 1. The lowest BCUT2D eigenvalue weighted by Gasteiger charge is -2.02. The Morgan fingerprint density at radius 1 is 1.05 bits per heavy atom. The summed E-state index contributed by atoms with van der Waals surface area (Å²) in [5.74, 6) is -0.0114. The zero-order valence-corrected chi connectivity index (χ0v) is 11.0. The third-order valence-corrected chi connectivity index (χ3v) is 2.77. The molecule has 2 nitrogen and oxygen atoms in total. The van der Waals surface area contributed by atoms with Gasteiger partial charge < -0.3 is 5.32 Å². The summed E-state index contributed by atoms with van der Waals surface area (Å²) in [7, 11) is 0. The van der Waals surface area contributed by atoms with Crippen molar-refractivity contribution in [3.8, 4) is 11.1 Å². The highest BCUT2D eigenvalue weighted by Crippen LogP contribution is 2.20. The van der Waals surface area contributed by atoms with Gasteiger partial charge in [-0.25, -0.2) is 0 Å². The largest absolute Gasteiger partial charge is 0.353 e. The minimum atomic E-state index is -0.0114. The van der Waals surface area contributed by atoms with Crippen molar-refractivity contribution in [2.24, 2.45) is 0 Å². The molecule has 0 heterocycles. The Kier molecular flexibility index (Phi) is 4.51. The lowest BCUT2D eigenvalue weighted by molar-refractivity contribution is -0.118. The van der Waals surface area contributed by atoms with Crippen molar-refractivity contribution in [1.82, 2.24) is 5.32 Å². The number of hydrogen-bond donors (Lipinski definition) is 1. The van der Waals surface area contributed by atoms with Gasteiger partial charge in [-0.05, 0) is 22.8 Å². The van der Waals surface area contributed by atoms with Crippen molar-refractivity contribution in [3.05, 3.63) is 66.2 Å². The van der Waals surface area contributed by atoms with Gasteiger partial charge in [-0.15, -0.1) is 0 Å². The Labute approximate surface area is 113 Å². The number of hydrogen-bond acceptors (Lipinski definition) is 1. The van der Waals surface area contributed by atoms with E-state index >= 15 is 0 Å².